The van der Waals surface area contributed by atoms with Gasteiger partial charge in [-0.05, 0) is 48.9 Å². The van der Waals surface area contributed by atoms with Crippen molar-refractivity contribution in [3.63, 3.8) is 0 Å². The number of sulfonamides is 1. The highest BCUT2D eigenvalue weighted by molar-refractivity contribution is 7.92. The van der Waals surface area contributed by atoms with Crippen LogP contribution in [0.4, 0.5) is 17.1 Å². The highest BCUT2D eigenvalue weighted by Gasteiger charge is 2.26. The number of nitrogens with one attached hydrogen (secondary N) is 2. The van der Waals surface area contributed by atoms with Crippen LogP contribution in [-0.2, 0) is 26.2 Å². The van der Waals surface area contributed by atoms with E-state index in [1.54, 1.807) is 23.1 Å². The van der Waals surface area contributed by atoms with E-state index in [-0.39, 0.29) is 23.3 Å². The van der Waals surface area contributed by atoms with Crippen molar-refractivity contribution in [1.82, 2.24) is 0 Å². The standard InChI is InChI=1S/C24H23N3O5S/c1-16-3-5-18(6-4-16)14-27-22-12-9-20(13-23(22)32-15-24(27)29)26-33(30,31)21-10-7-19(8-11-21)25-17(2)28/h3-13,26H,14-15H2,1-2H3,(H,25,28). The molecule has 0 aromatic heterocycles. The van der Waals surface area contributed by atoms with Gasteiger partial charge >= 0.3 is 0 Å². The van der Waals surface area contributed by atoms with Crippen LogP contribution in [0, 0.1) is 6.92 Å². The molecule has 0 bridgehead atoms. The molecule has 0 unspecified atom stereocenters. The number of hydrogen-bond acceptors (Lipinski definition) is 5. The molecule has 9 heteroatoms. The van der Waals surface area contributed by atoms with Gasteiger partial charge in [0.1, 0.15) is 5.75 Å². The van der Waals surface area contributed by atoms with Gasteiger partial charge in [-0.15, -0.1) is 0 Å². The lowest BCUT2D eigenvalue weighted by Crippen LogP contribution is -2.38. The Labute approximate surface area is 192 Å². The van der Waals surface area contributed by atoms with E-state index in [0.29, 0.717) is 29.4 Å². The summed E-state index contributed by atoms with van der Waals surface area (Å²) in [5, 5.41) is 2.59. The second-order valence-corrected chi connectivity index (χ2v) is 9.43. The third-order valence-electron chi connectivity index (χ3n) is 5.10. The Kier molecular flexibility index (Phi) is 6.06. The fourth-order valence-corrected chi connectivity index (χ4v) is 4.50. The summed E-state index contributed by atoms with van der Waals surface area (Å²) in [6.45, 7) is 3.64. The maximum atomic E-state index is 12.8. The van der Waals surface area contributed by atoms with Gasteiger partial charge in [-0.1, -0.05) is 29.8 Å². The summed E-state index contributed by atoms with van der Waals surface area (Å²) in [5.74, 6) is 0.00581. The summed E-state index contributed by atoms with van der Waals surface area (Å²) >= 11 is 0. The first-order chi connectivity index (χ1) is 15.7. The van der Waals surface area contributed by atoms with E-state index in [4.69, 9.17) is 4.74 Å². The molecule has 1 aliphatic rings. The largest absolute Gasteiger partial charge is 0.481 e. The first-order valence-electron chi connectivity index (χ1n) is 10.2. The van der Waals surface area contributed by atoms with Crippen LogP contribution in [0.1, 0.15) is 18.1 Å². The maximum absolute atomic E-state index is 12.8. The van der Waals surface area contributed by atoms with Gasteiger partial charge in [0, 0.05) is 18.7 Å². The lowest BCUT2D eigenvalue weighted by molar-refractivity contribution is -0.121. The summed E-state index contributed by atoms with van der Waals surface area (Å²) in [5.41, 5.74) is 3.50. The molecule has 0 saturated carbocycles. The van der Waals surface area contributed by atoms with Gasteiger partial charge < -0.3 is 15.0 Å². The first kappa shape index (κ1) is 22.3. The molecule has 1 heterocycles. The minimum atomic E-state index is -3.86. The Morgan fingerprint density at radius 1 is 1.00 bits per heavy atom. The number of rotatable bonds is 6. The summed E-state index contributed by atoms with van der Waals surface area (Å²) in [6, 6.07) is 18.6. The van der Waals surface area contributed by atoms with E-state index in [9.17, 15) is 18.0 Å². The SMILES string of the molecule is CC(=O)Nc1ccc(S(=O)(=O)Nc2ccc3c(c2)OCC(=O)N3Cc2ccc(C)cc2)cc1. The van der Waals surface area contributed by atoms with Crippen molar-refractivity contribution in [1.29, 1.82) is 0 Å². The lowest BCUT2D eigenvalue weighted by Gasteiger charge is -2.30. The Balaban J connectivity index is 1.54. The summed E-state index contributed by atoms with van der Waals surface area (Å²) in [4.78, 5) is 25.3. The van der Waals surface area contributed by atoms with Crippen LogP contribution in [0.2, 0.25) is 0 Å². The number of carbonyl (C=O) groups is 2. The predicted molar refractivity (Wildman–Crippen MR) is 126 cm³/mol. The highest BCUT2D eigenvalue weighted by Crippen LogP contribution is 2.36. The van der Waals surface area contributed by atoms with Crippen LogP contribution >= 0.6 is 0 Å². The molecule has 3 aromatic rings. The molecule has 3 aromatic carbocycles. The Morgan fingerprint density at radius 3 is 2.33 bits per heavy atom. The Morgan fingerprint density at radius 2 is 1.67 bits per heavy atom. The van der Waals surface area contributed by atoms with Gasteiger partial charge in [0.15, 0.2) is 6.61 Å². The number of anilines is 3. The van der Waals surface area contributed by atoms with Gasteiger partial charge in [-0.2, -0.15) is 0 Å². The second-order valence-electron chi connectivity index (χ2n) is 7.75. The first-order valence-corrected chi connectivity index (χ1v) is 11.7. The number of ether oxygens (including phenoxy) is 1. The predicted octanol–water partition coefficient (Wildman–Crippen LogP) is 3.68. The third-order valence-corrected chi connectivity index (χ3v) is 6.50. The quantitative estimate of drug-likeness (QED) is 0.578. The fraction of sp³-hybridized carbons (Fsp3) is 0.167. The van der Waals surface area contributed by atoms with Gasteiger partial charge in [-0.3, -0.25) is 14.3 Å². The van der Waals surface area contributed by atoms with E-state index >= 15 is 0 Å². The molecule has 0 atom stereocenters. The number of fused-ring (bicyclic) bond motifs is 1. The molecule has 170 valence electrons. The minimum absolute atomic E-state index is 0.0476. The van der Waals surface area contributed by atoms with Crippen molar-refractivity contribution in [3.05, 3.63) is 77.9 Å². The number of benzene rings is 3. The molecule has 1 aliphatic heterocycles. The zero-order chi connectivity index (χ0) is 23.6. The van der Waals surface area contributed by atoms with E-state index in [1.165, 1.54) is 31.2 Å². The van der Waals surface area contributed by atoms with E-state index in [2.05, 4.69) is 10.0 Å². The fourth-order valence-electron chi connectivity index (χ4n) is 3.45. The average molecular weight is 466 g/mol. The number of amides is 2. The summed E-state index contributed by atoms with van der Waals surface area (Å²) in [7, 11) is -3.86. The number of aryl methyl sites for hydroxylation is 1. The van der Waals surface area contributed by atoms with Crippen molar-refractivity contribution < 1.29 is 22.7 Å². The highest BCUT2D eigenvalue weighted by atomic mass is 32.2. The van der Waals surface area contributed by atoms with Crippen molar-refractivity contribution in [2.45, 2.75) is 25.3 Å². The molecule has 33 heavy (non-hydrogen) atoms. The van der Waals surface area contributed by atoms with Gasteiger partial charge in [0.05, 0.1) is 22.8 Å². The lowest BCUT2D eigenvalue weighted by atomic mass is 10.1. The Bertz CT molecular complexity index is 1300. The zero-order valence-corrected chi connectivity index (χ0v) is 19.0. The van der Waals surface area contributed by atoms with Crippen molar-refractivity contribution in [2.75, 3.05) is 21.5 Å². The minimum Gasteiger partial charge on any atom is -0.481 e. The Hall–Kier alpha value is -3.85. The second kappa shape index (κ2) is 8.95. The molecule has 8 nitrogen and oxygen atoms in total. The molecule has 0 saturated heterocycles. The molecule has 0 fully saturated rings. The van der Waals surface area contributed by atoms with Gasteiger partial charge in [0.2, 0.25) is 5.91 Å². The van der Waals surface area contributed by atoms with Crippen LogP contribution in [0.25, 0.3) is 0 Å². The maximum Gasteiger partial charge on any atom is 0.265 e. The van der Waals surface area contributed by atoms with Crippen LogP contribution in [0.15, 0.2) is 71.6 Å². The summed E-state index contributed by atoms with van der Waals surface area (Å²) in [6.07, 6.45) is 0. The molecule has 2 N–H and O–H groups in total. The third kappa shape index (κ3) is 5.15. The van der Waals surface area contributed by atoms with E-state index in [0.717, 1.165) is 11.1 Å². The van der Waals surface area contributed by atoms with Crippen LogP contribution in [0.3, 0.4) is 0 Å². The van der Waals surface area contributed by atoms with Gasteiger partial charge in [-0.25, -0.2) is 8.42 Å². The molecular formula is C24H23N3O5S. The summed E-state index contributed by atoms with van der Waals surface area (Å²) < 4.78 is 33.7. The number of hydrogen-bond donors (Lipinski definition) is 2. The van der Waals surface area contributed by atoms with Crippen molar-refractivity contribution in [2.24, 2.45) is 0 Å². The van der Waals surface area contributed by atoms with Gasteiger partial charge in [0.25, 0.3) is 15.9 Å². The molecule has 0 aliphatic carbocycles. The molecular weight excluding hydrogens is 442 g/mol. The van der Waals surface area contributed by atoms with Crippen LogP contribution < -0.4 is 19.7 Å². The van der Waals surface area contributed by atoms with Crippen LogP contribution in [0.5, 0.6) is 5.75 Å². The number of nitrogens with zero attached hydrogens (tertiary/aromatic N) is 1. The molecule has 2 amide bonds. The van der Waals surface area contributed by atoms with E-state index < -0.39 is 10.0 Å². The smallest absolute Gasteiger partial charge is 0.265 e. The van der Waals surface area contributed by atoms with Crippen LogP contribution in [-0.4, -0.2) is 26.8 Å². The monoisotopic (exact) mass is 465 g/mol. The zero-order valence-electron chi connectivity index (χ0n) is 18.2. The van der Waals surface area contributed by atoms with Crippen molar-refractivity contribution >= 4 is 38.9 Å². The number of carbonyl (C=O) groups excluding carboxylic acids is 2. The molecule has 4 rings (SSSR count). The average Bonchev–Trinajstić information content (AvgIpc) is 2.77. The van der Waals surface area contributed by atoms with Crippen molar-refractivity contribution in [3.8, 4) is 5.75 Å². The van der Waals surface area contributed by atoms with E-state index in [1.807, 2.05) is 31.2 Å². The topological polar surface area (TPSA) is 105 Å². The molecule has 0 radical (unpaired) electrons. The normalized spacial score (nSPS) is 13.2. The molecule has 0 spiro atoms.